The lowest BCUT2D eigenvalue weighted by atomic mass is 9.68. The number of carbonyl (C=O) groups is 1. The topological polar surface area (TPSA) is 63.7 Å². The highest BCUT2D eigenvalue weighted by Crippen LogP contribution is 2.51. The number of alkyl halides is 4. The third-order valence-electron chi connectivity index (χ3n) is 8.62. The van der Waals surface area contributed by atoms with Gasteiger partial charge in [0.2, 0.25) is 11.6 Å². The summed E-state index contributed by atoms with van der Waals surface area (Å²) in [5.41, 5.74) is -2.95. The minimum atomic E-state index is -5.07. The lowest BCUT2D eigenvalue weighted by molar-refractivity contribution is -0.228. The van der Waals surface area contributed by atoms with Crippen molar-refractivity contribution in [2.75, 3.05) is 24.7 Å². The van der Waals surface area contributed by atoms with E-state index >= 15 is 0 Å². The first-order valence-electron chi connectivity index (χ1n) is 12.9. The van der Waals surface area contributed by atoms with E-state index in [-0.39, 0.29) is 48.1 Å². The molecule has 0 aromatic heterocycles. The molecule has 3 unspecified atom stereocenters. The molecule has 10 heteroatoms. The largest absolute Gasteiger partial charge is 0.491 e. The summed E-state index contributed by atoms with van der Waals surface area (Å²) < 4.78 is 84.6. The Bertz CT molecular complexity index is 1300. The summed E-state index contributed by atoms with van der Waals surface area (Å²) in [5.74, 6) is 0.340. The van der Waals surface area contributed by atoms with Gasteiger partial charge in [-0.25, -0.2) is 12.8 Å². The van der Waals surface area contributed by atoms with Crippen LogP contribution in [0.25, 0.3) is 0 Å². The summed E-state index contributed by atoms with van der Waals surface area (Å²) in [6.45, 7) is 1.05. The molecule has 38 heavy (non-hydrogen) atoms. The summed E-state index contributed by atoms with van der Waals surface area (Å²) in [6, 6.07) is 13.2. The van der Waals surface area contributed by atoms with Gasteiger partial charge in [-0.2, -0.15) is 13.2 Å². The quantitative estimate of drug-likeness (QED) is 0.482. The van der Waals surface area contributed by atoms with E-state index in [1.54, 1.807) is 4.90 Å². The molecule has 0 saturated carbocycles. The number of fused-ring (bicyclic) bond motifs is 3. The maximum absolute atomic E-state index is 14.8. The predicted molar refractivity (Wildman–Crippen MR) is 134 cm³/mol. The van der Waals surface area contributed by atoms with E-state index < -0.39 is 32.7 Å². The van der Waals surface area contributed by atoms with E-state index in [1.807, 2.05) is 30.3 Å². The molecule has 2 saturated heterocycles. The Hall–Kier alpha value is -2.62. The highest BCUT2D eigenvalue weighted by molar-refractivity contribution is 7.91. The number of benzene rings is 2. The fourth-order valence-electron chi connectivity index (χ4n) is 6.25. The van der Waals surface area contributed by atoms with Gasteiger partial charge in [0.05, 0.1) is 17.5 Å². The van der Waals surface area contributed by atoms with E-state index in [4.69, 9.17) is 4.74 Å². The zero-order valence-electron chi connectivity index (χ0n) is 21.1. The summed E-state index contributed by atoms with van der Waals surface area (Å²) in [4.78, 5) is 15.3. The van der Waals surface area contributed by atoms with Gasteiger partial charge >= 0.3 is 6.18 Å². The summed E-state index contributed by atoms with van der Waals surface area (Å²) in [5, 5.41) is 0. The number of ether oxygens (including phenoxy) is 1. The third-order valence-corrected chi connectivity index (χ3v) is 10.3. The predicted octanol–water partition coefficient (Wildman–Crippen LogP) is 5.12. The third kappa shape index (κ3) is 4.80. The average Bonchev–Trinajstić information content (AvgIpc) is 3.24. The molecule has 2 aromatic rings. The number of halogens is 4. The molecule has 2 fully saturated rings. The molecule has 0 spiro atoms. The fraction of sp³-hybridized carbons (Fsp3) is 0.536. The molecule has 3 aliphatic rings. The van der Waals surface area contributed by atoms with Crippen molar-refractivity contribution < 1.29 is 35.5 Å². The van der Waals surface area contributed by atoms with Crippen LogP contribution in [-0.2, 0) is 32.1 Å². The van der Waals surface area contributed by atoms with Crippen LogP contribution >= 0.6 is 0 Å². The van der Waals surface area contributed by atoms with Crippen molar-refractivity contribution in [1.29, 1.82) is 0 Å². The number of rotatable bonds is 5. The Morgan fingerprint density at radius 1 is 1.08 bits per heavy atom. The molecule has 2 aromatic carbocycles. The Labute approximate surface area is 220 Å². The highest BCUT2D eigenvalue weighted by atomic mass is 32.2. The Morgan fingerprint density at radius 3 is 2.42 bits per heavy atom. The number of hydrogen-bond acceptors (Lipinski definition) is 4. The van der Waals surface area contributed by atoms with Gasteiger partial charge in [0.25, 0.3) is 0 Å². The first-order chi connectivity index (χ1) is 17.8. The van der Waals surface area contributed by atoms with Crippen molar-refractivity contribution in [1.82, 2.24) is 4.90 Å². The van der Waals surface area contributed by atoms with Crippen molar-refractivity contribution in [3.8, 4) is 5.75 Å². The van der Waals surface area contributed by atoms with Crippen molar-refractivity contribution in [3.63, 3.8) is 0 Å². The van der Waals surface area contributed by atoms with Gasteiger partial charge < -0.3 is 9.64 Å². The van der Waals surface area contributed by atoms with E-state index in [2.05, 4.69) is 0 Å². The minimum Gasteiger partial charge on any atom is -0.491 e. The molecule has 5 nitrogen and oxygen atoms in total. The average molecular weight is 554 g/mol. The first-order valence-corrected chi connectivity index (χ1v) is 14.7. The van der Waals surface area contributed by atoms with E-state index in [1.165, 1.54) is 12.1 Å². The molecule has 3 heterocycles. The van der Waals surface area contributed by atoms with E-state index in [9.17, 15) is 30.8 Å². The summed E-state index contributed by atoms with van der Waals surface area (Å²) in [7, 11) is -3.03. The molecule has 206 valence electrons. The zero-order valence-corrected chi connectivity index (χ0v) is 22.0. The van der Waals surface area contributed by atoms with Gasteiger partial charge in [-0.05, 0) is 50.2 Å². The van der Waals surface area contributed by atoms with E-state index in [0.717, 1.165) is 11.6 Å². The van der Waals surface area contributed by atoms with Crippen LogP contribution in [-0.4, -0.2) is 56.1 Å². The van der Waals surface area contributed by atoms with Gasteiger partial charge in [0.15, 0.2) is 0 Å². The van der Waals surface area contributed by atoms with Crippen LogP contribution in [0.3, 0.4) is 0 Å². The molecule has 3 aliphatic heterocycles. The molecule has 1 amide bonds. The van der Waals surface area contributed by atoms with Gasteiger partial charge in [0, 0.05) is 29.5 Å². The number of carbonyl (C=O) groups excluding carboxylic acids is 1. The van der Waals surface area contributed by atoms with Crippen molar-refractivity contribution >= 4 is 15.7 Å². The molecule has 0 bridgehead atoms. The van der Waals surface area contributed by atoms with Gasteiger partial charge in [-0.3, -0.25) is 4.79 Å². The lowest BCUT2D eigenvalue weighted by Crippen LogP contribution is -2.52. The Balaban J connectivity index is 1.47. The number of hydrogen-bond donors (Lipinski definition) is 0. The van der Waals surface area contributed by atoms with Crippen LogP contribution in [0.5, 0.6) is 5.75 Å². The summed E-state index contributed by atoms with van der Waals surface area (Å²) in [6.07, 6.45) is -2.76. The van der Waals surface area contributed by atoms with Crippen LogP contribution in [0.4, 0.5) is 17.6 Å². The molecule has 0 N–H and O–H groups in total. The molecule has 5 rings (SSSR count). The smallest absolute Gasteiger partial charge is 0.426 e. The SMILES string of the molecule is CC(F)(c1ccc2c(c1)OCC1N(C(=O)CC3CCS(=O)(=O)CC3)CCC21Cc1ccccc1)C(F)(F)F. The van der Waals surface area contributed by atoms with Crippen LogP contribution in [0.1, 0.15) is 49.3 Å². The fourth-order valence-corrected chi connectivity index (χ4v) is 7.84. The van der Waals surface area contributed by atoms with Crippen molar-refractivity contribution in [3.05, 3.63) is 65.2 Å². The van der Waals surface area contributed by atoms with E-state index in [0.29, 0.717) is 44.7 Å². The van der Waals surface area contributed by atoms with Gasteiger partial charge in [-0.15, -0.1) is 0 Å². The van der Waals surface area contributed by atoms with Crippen molar-refractivity contribution in [2.24, 2.45) is 5.92 Å². The monoisotopic (exact) mass is 553 g/mol. The highest BCUT2D eigenvalue weighted by Gasteiger charge is 2.56. The lowest BCUT2D eigenvalue weighted by Gasteiger charge is -2.43. The molecule has 0 radical (unpaired) electrons. The maximum atomic E-state index is 14.8. The van der Waals surface area contributed by atoms with Crippen LogP contribution in [0.15, 0.2) is 48.5 Å². The number of amides is 1. The van der Waals surface area contributed by atoms with Crippen molar-refractivity contribution in [2.45, 2.75) is 62.3 Å². The normalized spacial score (nSPS) is 26.7. The second-order valence-electron chi connectivity index (χ2n) is 11.0. The number of likely N-dealkylation sites (tertiary alicyclic amines) is 1. The second kappa shape index (κ2) is 9.54. The zero-order chi connectivity index (χ0) is 27.3. The Kier molecular flexibility index (Phi) is 6.77. The standard InChI is InChI=1S/C28H31F4NO4S/c1-26(29,28(30,31)32)21-7-8-22-23(16-21)37-18-24-27(22,17-20-5-3-2-4-6-20)11-12-33(24)25(34)15-19-9-13-38(35,36)14-10-19/h2-8,16,19,24H,9-15,17-18H2,1H3. The molecular formula is C28H31F4NO4S. The van der Waals surface area contributed by atoms with Crippen LogP contribution in [0, 0.1) is 5.92 Å². The van der Waals surface area contributed by atoms with Crippen LogP contribution in [0.2, 0.25) is 0 Å². The Morgan fingerprint density at radius 2 is 1.76 bits per heavy atom. The maximum Gasteiger partial charge on any atom is 0.426 e. The molecule has 3 atom stereocenters. The van der Waals surface area contributed by atoms with Gasteiger partial charge in [0.1, 0.15) is 22.2 Å². The van der Waals surface area contributed by atoms with Crippen LogP contribution < -0.4 is 4.74 Å². The number of sulfone groups is 1. The minimum absolute atomic E-state index is 0.000832. The summed E-state index contributed by atoms with van der Waals surface area (Å²) >= 11 is 0. The first kappa shape index (κ1) is 27.0. The molecular weight excluding hydrogens is 522 g/mol. The number of nitrogens with zero attached hydrogens (tertiary/aromatic N) is 1. The molecule has 0 aliphatic carbocycles. The second-order valence-corrected chi connectivity index (χ2v) is 13.3. The van der Waals surface area contributed by atoms with Gasteiger partial charge in [-0.1, -0.05) is 42.5 Å².